The van der Waals surface area contributed by atoms with Gasteiger partial charge in [0.2, 0.25) is 0 Å². The van der Waals surface area contributed by atoms with E-state index in [1.807, 2.05) is 96.3 Å². The van der Waals surface area contributed by atoms with Crippen molar-refractivity contribution in [2.45, 2.75) is 131 Å². The highest BCUT2D eigenvalue weighted by Crippen LogP contribution is 2.53. The number of nitrogens with one attached hydrogen (secondary N) is 2. The number of thioether (sulfide) groups is 2. The summed E-state index contributed by atoms with van der Waals surface area (Å²) in [6.07, 6.45) is 1.38. The molecule has 8 bridgehead atoms. The molecule has 0 atom stereocenters. The van der Waals surface area contributed by atoms with Gasteiger partial charge >= 0.3 is 0 Å². The highest BCUT2D eigenvalue weighted by Gasteiger charge is 2.32. The molecule has 3 aliphatic rings. The van der Waals surface area contributed by atoms with Gasteiger partial charge in [0.05, 0.1) is 0 Å². The molecule has 0 amide bonds. The number of aromatic amines is 2. The standard InChI is InChI=1S/C92H80N8O6S2/c1-15-61-75-76(62(16-2)84-83(61)107-45-59-37-17-18-38-60(59)46-108-84)92-99-90-68-44-74(106-82-57(13)35-24-36-58(82)14)72(104-80-53(9)31-22-32-54(80)10)42-66(68)88(97-90)95-86-64-40-70(102-78-49(5)27-20-28-50(78)6)69(101-77-47(3)25-19-26-48(77)4)39-63(64)85(93-86)94-87-65-41-71(103-79-51(7)29-21-30-52(79)8)73(105-81-55(11)33-23-34-56(81)12)43-67(65)89(96-87)98-91(75)100-92/h17-44H,15-16,45-46H2,1-14H3,(H2,93,94,95,96,97,98,99,100). The number of nitrogens with zero attached hydrogens (tertiary/aromatic N) is 6. The fourth-order valence-electron chi connectivity index (χ4n) is 15.2. The van der Waals surface area contributed by atoms with E-state index >= 15 is 0 Å². The van der Waals surface area contributed by atoms with E-state index in [-0.39, 0.29) is 0 Å². The number of hydrogen-bond acceptors (Lipinski definition) is 14. The summed E-state index contributed by atoms with van der Waals surface area (Å²) in [4.78, 5) is 44.6. The molecule has 3 aliphatic heterocycles. The molecular formula is C92H80N8O6S2. The zero-order chi connectivity index (χ0) is 74.5. The summed E-state index contributed by atoms with van der Waals surface area (Å²) in [7, 11) is 0. The molecule has 3 aromatic heterocycles. The summed E-state index contributed by atoms with van der Waals surface area (Å²) < 4.78 is 43.2. The lowest BCUT2D eigenvalue weighted by Gasteiger charge is -2.22. The van der Waals surface area contributed by atoms with Crippen LogP contribution in [0.3, 0.4) is 0 Å². The van der Waals surface area contributed by atoms with Crippen molar-refractivity contribution in [3.05, 3.63) is 259 Å². The fourth-order valence-corrected chi connectivity index (χ4v) is 18.1. The maximum absolute atomic E-state index is 7.20. The Balaban J connectivity index is 1.03. The molecule has 536 valence electrons. The molecule has 11 aromatic carbocycles. The third-order valence-corrected chi connectivity index (χ3v) is 23.4. The average molecular weight is 1460 g/mol. The van der Waals surface area contributed by atoms with E-state index in [0.29, 0.717) is 161 Å². The Hall–Kier alpha value is -11.7. The van der Waals surface area contributed by atoms with Gasteiger partial charge < -0.3 is 38.4 Å². The van der Waals surface area contributed by atoms with Gasteiger partial charge in [0.15, 0.2) is 57.8 Å². The summed E-state index contributed by atoms with van der Waals surface area (Å²) in [5.74, 6) is 10.1. The molecule has 108 heavy (non-hydrogen) atoms. The Morgan fingerprint density at radius 2 is 0.519 bits per heavy atom. The molecule has 6 heterocycles. The molecule has 0 unspecified atom stereocenters. The molecule has 17 rings (SSSR count). The lowest BCUT2D eigenvalue weighted by atomic mass is 9.99. The van der Waals surface area contributed by atoms with Crippen LogP contribution in [0.5, 0.6) is 69.0 Å². The second-order valence-electron chi connectivity index (χ2n) is 28.5. The molecule has 0 radical (unpaired) electrons. The van der Waals surface area contributed by atoms with Gasteiger partial charge in [0.1, 0.15) is 57.1 Å². The first-order valence-electron chi connectivity index (χ1n) is 36.7. The van der Waals surface area contributed by atoms with Gasteiger partial charge in [0.25, 0.3) is 0 Å². The third-order valence-electron chi connectivity index (χ3n) is 20.9. The quantitative estimate of drug-likeness (QED) is 0.106. The first-order chi connectivity index (χ1) is 52.3. The predicted molar refractivity (Wildman–Crippen MR) is 436 cm³/mol. The van der Waals surface area contributed by atoms with Crippen molar-refractivity contribution in [3.8, 4) is 115 Å². The van der Waals surface area contributed by atoms with Gasteiger partial charge in [-0.3, -0.25) is 0 Å². The van der Waals surface area contributed by atoms with E-state index in [4.69, 9.17) is 58.3 Å². The van der Waals surface area contributed by atoms with E-state index in [9.17, 15) is 0 Å². The number of benzene rings is 11. The third kappa shape index (κ3) is 12.4. The number of ether oxygens (including phenoxy) is 6. The van der Waals surface area contributed by atoms with Crippen molar-refractivity contribution in [2.75, 3.05) is 0 Å². The van der Waals surface area contributed by atoms with Crippen LogP contribution in [0.25, 0.3) is 89.7 Å². The van der Waals surface area contributed by atoms with Gasteiger partial charge in [0, 0.05) is 65.1 Å². The topological polar surface area (TPSA) is 164 Å². The smallest absolute Gasteiger partial charge is 0.170 e. The minimum absolute atomic E-state index is 0.356. The Labute approximate surface area is 636 Å². The number of H-pyrrole nitrogens is 2. The Bertz CT molecular complexity index is 5800. The maximum Gasteiger partial charge on any atom is 0.170 e. The van der Waals surface area contributed by atoms with Gasteiger partial charge in [-0.05, 0) is 221 Å². The number of para-hydroxylation sites is 6. The summed E-state index contributed by atoms with van der Waals surface area (Å²) >= 11 is 3.79. The molecule has 0 fully saturated rings. The molecule has 16 heteroatoms. The molecule has 0 saturated carbocycles. The van der Waals surface area contributed by atoms with Crippen LogP contribution >= 0.6 is 23.5 Å². The normalized spacial score (nSPS) is 12.3. The van der Waals surface area contributed by atoms with E-state index in [0.717, 1.165) is 100 Å². The molecule has 2 N–H and O–H groups in total. The molecule has 14 aromatic rings. The molecule has 14 nitrogen and oxygen atoms in total. The number of rotatable bonds is 14. The van der Waals surface area contributed by atoms with Crippen molar-refractivity contribution in [2.24, 2.45) is 0 Å². The minimum atomic E-state index is 0.356. The summed E-state index contributed by atoms with van der Waals surface area (Å²) in [6, 6.07) is 57.7. The van der Waals surface area contributed by atoms with Gasteiger partial charge in [-0.15, -0.1) is 23.5 Å². The van der Waals surface area contributed by atoms with Crippen molar-refractivity contribution in [3.63, 3.8) is 0 Å². The van der Waals surface area contributed by atoms with Crippen molar-refractivity contribution < 1.29 is 28.4 Å². The van der Waals surface area contributed by atoms with Crippen LogP contribution in [-0.4, -0.2) is 39.9 Å². The van der Waals surface area contributed by atoms with E-state index in [1.165, 1.54) is 20.9 Å². The lowest BCUT2D eigenvalue weighted by Crippen LogP contribution is -2.02. The van der Waals surface area contributed by atoms with E-state index in [1.54, 1.807) is 0 Å². The van der Waals surface area contributed by atoms with Crippen LogP contribution in [0.1, 0.15) is 103 Å². The maximum atomic E-state index is 7.20. The van der Waals surface area contributed by atoms with Gasteiger partial charge in [-0.2, -0.15) is 0 Å². The SMILES string of the molecule is CCc1c2c(c(CC)c3c4nc5nc(nc6[nH]c(nc7nc(nc([nH]4)c13)-c1cc(Oc3c(C)cccc3C)c(Oc3c(C)cccc3C)cc1-7)c1cc(Oc3c(C)cccc3C)c(Oc3c(C)cccc3C)cc61)-c1cc(Oc3c(C)cccc3C)c(Oc3c(C)cccc3C)cc1-5)SCc1ccccc1CS2. The van der Waals surface area contributed by atoms with Crippen LogP contribution in [0.15, 0.2) is 180 Å². The van der Waals surface area contributed by atoms with E-state index in [2.05, 4.69) is 204 Å². The predicted octanol–water partition coefficient (Wildman–Crippen LogP) is 25.3. The highest BCUT2D eigenvalue weighted by molar-refractivity contribution is 8.01. The zero-order valence-corrected chi connectivity index (χ0v) is 64.6. The first-order valence-corrected chi connectivity index (χ1v) is 38.7. The van der Waals surface area contributed by atoms with Crippen LogP contribution in [0.4, 0.5) is 0 Å². The average Bonchev–Trinajstić information content (AvgIpc) is 1.72. The number of aromatic nitrogens is 8. The molecular weight excluding hydrogens is 1380 g/mol. The van der Waals surface area contributed by atoms with Crippen molar-refractivity contribution in [1.82, 2.24) is 39.9 Å². The lowest BCUT2D eigenvalue weighted by molar-refractivity contribution is 0.413. The Morgan fingerprint density at radius 3 is 0.769 bits per heavy atom. The van der Waals surface area contributed by atoms with Crippen LogP contribution in [0, 0.1) is 83.1 Å². The van der Waals surface area contributed by atoms with Crippen LogP contribution < -0.4 is 28.4 Å². The molecule has 0 aliphatic carbocycles. The summed E-state index contributed by atoms with van der Waals surface area (Å²) in [6.45, 7) is 29.2. The second kappa shape index (κ2) is 27.9. The van der Waals surface area contributed by atoms with Gasteiger partial charge in [-0.25, -0.2) is 29.9 Å². The molecule has 0 saturated heterocycles. The number of fused-ring (bicyclic) bond motifs is 22. The first kappa shape index (κ1) is 69.3. The summed E-state index contributed by atoms with van der Waals surface area (Å²) in [5, 5.41) is 3.22. The number of aryl methyl sites for hydroxylation is 14. The largest absolute Gasteiger partial charge is 0.453 e. The second-order valence-corrected chi connectivity index (χ2v) is 30.5. The van der Waals surface area contributed by atoms with Crippen LogP contribution in [0.2, 0.25) is 0 Å². The highest BCUT2D eigenvalue weighted by atomic mass is 32.2. The number of hydrogen-bond donors (Lipinski definition) is 2. The van der Waals surface area contributed by atoms with Gasteiger partial charge in [-0.1, -0.05) is 147 Å². The monoisotopic (exact) mass is 1460 g/mol. The molecule has 0 spiro atoms. The van der Waals surface area contributed by atoms with E-state index < -0.39 is 0 Å². The van der Waals surface area contributed by atoms with Crippen LogP contribution in [-0.2, 0) is 24.3 Å². The Morgan fingerprint density at radius 1 is 0.287 bits per heavy atom. The summed E-state index contributed by atoms with van der Waals surface area (Å²) in [5.41, 5.74) is 21.2. The fraction of sp³-hybridized carbons (Fsp3) is 0.196. The zero-order valence-electron chi connectivity index (χ0n) is 62.9. The minimum Gasteiger partial charge on any atom is -0.453 e. The van der Waals surface area contributed by atoms with Crippen molar-refractivity contribution >= 4 is 67.7 Å². The van der Waals surface area contributed by atoms with Crippen molar-refractivity contribution in [1.29, 1.82) is 0 Å². The Kier molecular flexibility index (Phi) is 17.9.